The molecule has 1 aromatic carbocycles. The Labute approximate surface area is 89.2 Å². The summed E-state index contributed by atoms with van der Waals surface area (Å²) in [6, 6.07) is 6.71. The molecule has 0 saturated carbocycles. The fourth-order valence-corrected chi connectivity index (χ4v) is 1.83. The molecule has 0 radical (unpaired) electrons. The first-order chi connectivity index (χ1) is 7.10. The Bertz CT molecular complexity index is 396. The second-order valence-electron chi connectivity index (χ2n) is 4.29. The van der Waals surface area contributed by atoms with Crippen LogP contribution >= 0.6 is 0 Å². The fraction of sp³-hybridized carbons (Fsp3) is 0.417. The third-order valence-electron chi connectivity index (χ3n) is 2.81. The van der Waals surface area contributed by atoms with E-state index in [0.29, 0.717) is 0 Å². The maximum Gasteiger partial charge on any atom is 0.123 e. The highest BCUT2D eigenvalue weighted by Gasteiger charge is 2.29. The van der Waals surface area contributed by atoms with Crippen molar-refractivity contribution in [3.05, 3.63) is 35.6 Å². The molecule has 2 rings (SSSR count). The molecule has 2 nitrogen and oxygen atoms in total. The summed E-state index contributed by atoms with van der Waals surface area (Å²) in [5.41, 5.74) is 0.717. The van der Waals surface area contributed by atoms with Gasteiger partial charge in [-0.3, -0.25) is 4.99 Å². The van der Waals surface area contributed by atoms with E-state index in [9.17, 15) is 4.39 Å². The largest absolute Gasteiger partial charge is 0.371 e. The molecule has 0 amide bonds. The van der Waals surface area contributed by atoms with Crippen LogP contribution in [-0.4, -0.2) is 18.9 Å². The van der Waals surface area contributed by atoms with Crippen molar-refractivity contribution in [3.63, 3.8) is 0 Å². The molecule has 1 aliphatic heterocycles. The van der Waals surface area contributed by atoms with Crippen LogP contribution in [-0.2, 0) is 5.41 Å². The molecule has 0 aromatic heterocycles. The number of hydrogen-bond donors (Lipinski definition) is 1. The lowest BCUT2D eigenvalue weighted by molar-refractivity contribution is 0.614. The predicted molar refractivity (Wildman–Crippen MR) is 59.7 cm³/mol. The van der Waals surface area contributed by atoms with E-state index in [-0.39, 0.29) is 11.2 Å². The van der Waals surface area contributed by atoms with E-state index in [1.165, 1.54) is 6.07 Å². The monoisotopic (exact) mass is 206 g/mol. The van der Waals surface area contributed by atoms with Crippen LogP contribution in [0.5, 0.6) is 0 Å². The zero-order valence-electron chi connectivity index (χ0n) is 9.05. The molecule has 0 aliphatic carbocycles. The number of hydrogen-bond acceptors (Lipinski definition) is 2. The fourth-order valence-electron chi connectivity index (χ4n) is 1.83. The Morgan fingerprint density at radius 3 is 2.80 bits per heavy atom. The smallest absolute Gasteiger partial charge is 0.123 e. The van der Waals surface area contributed by atoms with Crippen LogP contribution in [0.4, 0.5) is 4.39 Å². The van der Waals surface area contributed by atoms with Gasteiger partial charge in [-0.2, -0.15) is 0 Å². The van der Waals surface area contributed by atoms with Gasteiger partial charge in [0.25, 0.3) is 0 Å². The zero-order chi connectivity index (χ0) is 10.9. The van der Waals surface area contributed by atoms with Gasteiger partial charge in [-0.1, -0.05) is 12.1 Å². The van der Waals surface area contributed by atoms with E-state index in [2.05, 4.69) is 24.2 Å². The number of nitrogens with one attached hydrogen (secondary N) is 1. The summed E-state index contributed by atoms with van der Waals surface area (Å²) >= 11 is 0. The van der Waals surface area contributed by atoms with Gasteiger partial charge < -0.3 is 5.32 Å². The van der Waals surface area contributed by atoms with E-state index in [4.69, 9.17) is 0 Å². The van der Waals surface area contributed by atoms with E-state index in [0.717, 1.165) is 24.5 Å². The van der Waals surface area contributed by atoms with Crippen LogP contribution in [0.15, 0.2) is 29.3 Å². The standard InChI is InChI=1S/C12H15FN2/c1-12(2,11-14-6-7-15-11)9-4-3-5-10(13)8-9/h3-5,8H,6-7H2,1-2H3,(H,14,15). The Morgan fingerprint density at radius 1 is 1.40 bits per heavy atom. The minimum atomic E-state index is -0.238. The molecule has 0 fully saturated rings. The number of amidine groups is 1. The Morgan fingerprint density at radius 2 is 2.20 bits per heavy atom. The van der Waals surface area contributed by atoms with E-state index in [1.54, 1.807) is 12.1 Å². The third kappa shape index (κ3) is 1.87. The lowest BCUT2D eigenvalue weighted by Crippen LogP contribution is -2.37. The van der Waals surface area contributed by atoms with Gasteiger partial charge in [-0.05, 0) is 31.5 Å². The first-order valence-electron chi connectivity index (χ1n) is 5.15. The van der Waals surface area contributed by atoms with E-state index >= 15 is 0 Å². The topological polar surface area (TPSA) is 24.4 Å². The van der Waals surface area contributed by atoms with Crippen LogP contribution in [0, 0.1) is 5.82 Å². The summed E-state index contributed by atoms with van der Waals surface area (Å²) < 4.78 is 13.1. The molecule has 0 unspecified atom stereocenters. The molecule has 80 valence electrons. The normalized spacial score (nSPS) is 16.1. The molecule has 1 aromatic rings. The molecule has 0 bridgehead atoms. The molecule has 0 atom stereocenters. The van der Waals surface area contributed by atoms with Crippen LogP contribution in [0.1, 0.15) is 19.4 Å². The second kappa shape index (κ2) is 3.65. The van der Waals surface area contributed by atoms with Crippen molar-refractivity contribution in [2.75, 3.05) is 13.1 Å². The lowest BCUT2D eigenvalue weighted by Gasteiger charge is -2.25. The molecule has 1 N–H and O–H groups in total. The quantitative estimate of drug-likeness (QED) is 0.787. The molecule has 1 heterocycles. The van der Waals surface area contributed by atoms with Crippen LogP contribution < -0.4 is 5.32 Å². The number of halogens is 1. The Balaban J connectivity index is 2.36. The highest BCUT2D eigenvalue weighted by atomic mass is 19.1. The van der Waals surface area contributed by atoms with Crippen molar-refractivity contribution >= 4 is 5.84 Å². The lowest BCUT2D eigenvalue weighted by atomic mass is 9.83. The number of rotatable bonds is 2. The predicted octanol–water partition coefficient (Wildman–Crippen LogP) is 2.10. The Hall–Kier alpha value is -1.38. The van der Waals surface area contributed by atoms with Crippen molar-refractivity contribution in [3.8, 4) is 0 Å². The number of aliphatic imine (C=N–C) groups is 1. The average Bonchev–Trinajstić information content (AvgIpc) is 2.71. The van der Waals surface area contributed by atoms with Gasteiger partial charge in [-0.25, -0.2) is 4.39 Å². The van der Waals surface area contributed by atoms with Gasteiger partial charge >= 0.3 is 0 Å². The van der Waals surface area contributed by atoms with Crippen molar-refractivity contribution in [1.29, 1.82) is 0 Å². The minimum absolute atomic E-state index is 0.195. The van der Waals surface area contributed by atoms with Gasteiger partial charge in [0.15, 0.2) is 0 Å². The van der Waals surface area contributed by atoms with Gasteiger partial charge in [-0.15, -0.1) is 0 Å². The molecular weight excluding hydrogens is 191 g/mol. The van der Waals surface area contributed by atoms with Crippen LogP contribution in [0.2, 0.25) is 0 Å². The SMILES string of the molecule is CC(C)(C1=NCCN1)c1cccc(F)c1. The number of nitrogens with zero attached hydrogens (tertiary/aromatic N) is 1. The van der Waals surface area contributed by atoms with Crippen LogP contribution in [0.25, 0.3) is 0 Å². The maximum atomic E-state index is 13.1. The summed E-state index contributed by atoms with van der Waals surface area (Å²) in [6.45, 7) is 5.81. The zero-order valence-corrected chi connectivity index (χ0v) is 9.05. The summed E-state index contributed by atoms with van der Waals surface area (Å²) in [6.07, 6.45) is 0. The average molecular weight is 206 g/mol. The maximum absolute atomic E-state index is 13.1. The van der Waals surface area contributed by atoms with Gasteiger partial charge in [0.2, 0.25) is 0 Å². The molecule has 0 spiro atoms. The van der Waals surface area contributed by atoms with Gasteiger partial charge in [0.1, 0.15) is 11.7 Å². The van der Waals surface area contributed by atoms with Crippen molar-refractivity contribution in [2.45, 2.75) is 19.3 Å². The van der Waals surface area contributed by atoms with Gasteiger partial charge in [0.05, 0.1) is 6.54 Å². The highest BCUT2D eigenvalue weighted by molar-refractivity contribution is 5.93. The molecule has 0 saturated heterocycles. The van der Waals surface area contributed by atoms with E-state index < -0.39 is 0 Å². The first kappa shape index (κ1) is 10.1. The van der Waals surface area contributed by atoms with Crippen molar-refractivity contribution < 1.29 is 4.39 Å². The van der Waals surface area contributed by atoms with E-state index in [1.807, 2.05) is 6.07 Å². The third-order valence-corrected chi connectivity index (χ3v) is 2.81. The molecule has 1 aliphatic rings. The van der Waals surface area contributed by atoms with Crippen LogP contribution in [0.3, 0.4) is 0 Å². The molecule has 15 heavy (non-hydrogen) atoms. The summed E-state index contributed by atoms with van der Waals surface area (Å²) in [5.74, 6) is 0.757. The van der Waals surface area contributed by atoms with Crippen molar-refractivity contribution in [2.24, 2.45) is 4.99 Å². The van der Waals surface area contributed by atoms with Crippen molar-refractivity contribution in [1.82, 2.24) is 5.32 Å². The minimum Gasteiger partial charge on any atom is -0.371 e. The van der Waals surface area contributed by atoms with Gasteiger partial charge in [0, 0.05) is 12.0 Å². The molecular formula is C12H15FN2. The summed E-state index contributed by atoms with van der Waals surface area (Å²) in [4.78, 5) is 4.40. The summed E-state index contributed by atoms with van der Waals surface area (Å²) in [7, 11) is 0. The first-order valence-corrected chi connectivity index (χ1v) is 5.15. The highest BCUT2D eigenvalue weighted by Crippen LogP contribution is 2.25. The number of benzene rings is 1. The molecule has 3 heteroatoms. The Kier molecular flexibility index (Phi) is 2.47. The summed E-state index contributed by atoms with van der Waals surface area (Å²) in [5, 5.41) is 3.24. The second-order valence-corrected chi connectivity index (χ2v) is 4.29.